The van der Waals surface area contributed by atoms with Gasteiger partial charge in [0, 0.05) is 33.0 Å². The molecule has 2 heterocycles. The molecule has 0 aliphatic rings. The van der Waals surface area contributed by atoms with Gasteiger partial charge in [0.1, 0.15) is 10.0 Å². The molecular formula is C24H16N2S2. The van der Waals surface area contributed by atoms with Gasteiger partial charge in [0.05, 0.1) is 11.4 Å². The summed E-state index contributed by atoms with van der Waals surface area (Å²) in [6.07, 6.45) is 0. The smallest absolute Gasteiger partial charge is 0.124 e. The number of nitrogens with zero attached hydrogens (tertiary/aromatic N) is 2. The van der Waals surface area contributed by atoms with Crippen LogP contribution in [0.5, 0.6) is 0 Å². The highest BCUT2D eigenvalue weighted by atomic mass is 32.1. The Kier molecular flexibility index (Phi) is 4.57. The van der Waals surface area contributed by atoms with E-state index in [1.54, 1.807) is 22.7 Å². The number of hydrogen-bond donors (Lipinski definition) is 0. The highest BCUT2D eigenvalue weighted by Gasteiger charge is 2.14. The molecule has 0 unspecified atom stereocenters. The van der Waals surface area contributed by atoms with Gasteiger partial charge in [0.15, 0.2) is 0 Å². The average molecular weight is 397 g/mol. The van der Waals surface area contributed by atoms with Crippen molar-refractivity contribution in [2.45, 2.75) is 0 Å². The standard InChI is InChI=1S/C24H16N2S2/c1-3-9-17(10-4-1)23-25-21(15-27-23)19-13-7-8-14-20(19)22-16-28-24(26-22)18-11-5-2-6-12-18/h1-16H. The average Bonchev–Trinajstić information content (AvgIpc) is 3.45. The number of thiazole rings is 2. The molecule has 5 aromatic rings. The van der Waals surface area contributed by atoms with Gasteiger partial charge in [0.25, 0.3) is 0 Å². The van der Waals surface area contributed by atoms with E-state index in [4.69, 9.17) is 9.97 Å². The summed E-state index contributed by atoms with van der Waals surface area (Å²) in [4.78, 5) is 9.79. The Morgan fingerprint density at radius 3 is 1.29 bits per heavy atom. The zero-order valence-corrected chi connectivity index (χ0v) is 16.6. The first-order chi connectivity index (χ1) is 13.9. The highest BCUT2D eigenvalue weighted by Crippen LogP contribution is 2.36. The Labute approximate surface area is 171 Å². The van der Waals surface area contributed by atoms with Crippen molar-refractivity contribution < 1.29 is 0 Å². The van der Waals surface area contributed by atoms with Crippen molar-refractivity contribution in [1.82, 2.24) is 9.97 Å². The molecule has 0 fully saturated rings. The summed E-state index contributed by atoms with van der Waals surface area (Å²) in [7, 11) is 0. The van der Waals surface area contributed by atoms with Crippen molar-refractivity contribution in [3.8, 4) is 43.7 Å². The largest absolute Gasteiger partial charge is 0.236 e. The van der Waals surface area contributed by atoms with Gasteiger partial charge in [-0.25, -0.2) is 9.97 Å². The van der Waals surface area contributed by atoms with Gasteiger partial charge in [0.2, 0.25) is 0 Å². The van der Waals surface area contributed by atoms with E-state index in [1.165, 1.54) is 0 Å². The van der Waals surface area contributed by atoms with Crippen molar-refractivity contribution in [3.05, 3.63) is 95.7 Å². The third-order valence-corrected chi connectivity index (χ3v) is 6.31. The SMILES string of the molecule is c1ccc(-c2nc(-c3ccccc3-c3csc(-c4ccccc4)n3)cs2)cc1. The lowest BCUT2D eigenvalue weighted by molar-refractivity contribution is 1.37. The zero-order chi connectivity index (χ0) is 18.8. The maximum absolute atomic E-state index is 4.90. The quantitative estimate of drug-likeness (QED) is 0.319. The second kappa shape index (κ2) is 7.50. The lowest BCUT2D eigenvalue weighted by Gasteiger charge is -2.05. The Morgan fingerprint density at radius 1 is 0.464 bits per heavy atom. The number of hydrogen-bond acceptors (Lipinski definition) is 4. The molecule has 4 heteroatoms. The van der Waals surface area contributed by atoms with Crippen LogP contribution >= 0.6 is 22.7 Å². The van der Waals surface area contributed by atoms with Crippen LogP contribution in [0.4, 0.5) is 0 Å². The second-order valence-corrected chi connectivity index (χ2v) is 8.07. The minimum atomic E-state index is 0.994. The molecule has 5 rings (SSSR count). The van der Waals surface area contributed by atoms with Gasteiger partial charge in [-0.05, 0) is 0 Å². The Morgan fingerprint density at radius 2 is 0.857 bits per heavy atom. The first kappa shape index (κ1) is 17.0. The van der Waals surface area contributed by atoms with E-state index in [9.17, 15) is 0 Å². The molecule has 0 aliphatic carbocycles. The van der Waals surface area contributed by atoms with Gasteiger partial charge in [-0.15, -0.1) is 22.7 Å². The van der Waals surface area contributed by atoms with E-state index >= 15 is 0 Å². The summed E-state index contributed by atoms with van der Waals surface area (Å²) in [6.45, 7) is 0. The second-order valence-electron chi connectivity index (χ2n) is 6.35. The topological polar surface area (TPSA) is 25.8 Å². The summed E-state index contributed by atoms with van der Waals surface area (Å²) in [5.41, 5.74) is 6.52. The first-order valence-corrected chi connectivity index (χ1v) is 10.8. The van der Waals surface area contributed by atoms with Crippen LogP contribution in [-0.2, 0) is 0 Å². The minimum Gasteiger partial charge on any atom is -0.236 e. The van der Waals surface area contributed by atoms with Crippen LogP contribution < -0.4 is 0 Å². The first-order valence-electron chi connectivity index (χ1n) is 9.00. The van der Waals surface area contributed by atoms with Crippen LogP contribution in [0.25, 0.3) is 43.7 Å². The molecule has 0 amide bonds. The Hall–Kier alpha value is -3.08. The summed E-state index contributed by atoms with van der Waals surface area (Å²) >= 11 is 3.35. The predicted molar refractivity (Wildman–Crippen MR) is 120 cm³/mol. The van der Waals surface area contributed by atoms with Crippen LogP contribution in [0.15, 0.2) is 95.7 Å². The third kappa shape index (κ3) is 3.28. The fraction of sp³-hybridized carbons (Fsp3) is 0. The Bertz CT molecular complexity index is 1110. The highest BCUT2D eigenvalue weighted by molar-refractivity contribution is 7.13. The van der Waals surface area contributed by atoms with Crippen molar-refractivity contribution in [2.75, 3.05) is 0 Å². The molecule has 3 aromatic carbocycles. The molecule has 0 radical (unpaired) electrons. The zero-order valence-electron chi connectivity index (χ0n) is 14.9. The van der Waals surface area contributed by atoms with Crippen LogP contribution in [0.2, 0.25) is 0 Å². The van der Waals surface area contributed by atoms with E-state index in [0.29, 0.717) is 0 Å². The van der Waals surface area contributed by atoms with Crippen LogP contribution in [-0.4, -0.2) is 9.97 Å². The van der Waals surface area contributed by atoms with E-state index in [-0.39, 0.29) is 0 Å². The molecule has 0 bridgehead atoms. The van der Waals surface area contributed by atoms with Crippen LogP contribution in [0, 0.1) is 0 Å². The van der Waals surface area contributed by atoms with Crippen molar-refractivity contribution in [1.29, 1.82) is 0 Å². The van der Waals surface area contributed by atoms with Gasteiger partial charge < -0.3 is 0 Å². The van der Waals surface area contributed by atoms with Gasteiger partial charge >= 0.3 is 0 Å². The molecule has 0 saturated carbocycles. The molecule has 0 spiro atoms. The normalized spacial score (nSPS) is 10.9. The Balaban J connectivity index is 1.54. The van der Waals surface area contributed by atoms with Crippen molar-refractivity contribution >= 4 is 22.7 Å². The van der Waals surface area contributed by atoms with Gasteiger partial charge in [-0.2, -0.15) is 0 Å². The third-order valence-electron chi connectivity index (χ3n) is 4.53. The summed E-state index contributed by atoms with van der Waals surface area (Å²) < 4.78 is 0. The van der Waals surface area contributed by atoms with Gasteiger partial charge in [-0.1, -0.05) is 84.9 Å². The van der Waals surface area contributed by atoms with Gasteiger partial charge in [-0.3, -0.25) is 0 Å². The molecule has 2 nitrogen and oxygen atoms in total. The lowest BCUT2D eigenvalue weighted by atomic mass is 10.0. The monoisotopic (exact) mass is 396 g/mol. The molecular weight excluding hydrogens is 380 g/mol. The van der Waals surface area contributed by atoms with Crippen LogP contribution in [0.1, 0.15) is 0 Å². The number of rotatable bonds is 4. The molecule has 0 atom stereocenters. The molecule has 0 aliphatic heterocycles. The predicted octanol–water partition coefficient (Wildman–Crippen LogP) is 7.27. The van der Waals surface area contributed by atoms with Crippen molar-refractivity contribution in [2.24, 2.45) is 0 Å². The van der Waals surface area contributed by atoms with E-state index in [2.05, 4.69) is 59.3 Å². The van der Waals surface area contributed by atoms with Crippen LogP contribution in [0.3, 0.4) is 0 Å². The molecule has 134 valence electrons. The maximum Gasteiger partial charge on any atom is 0.124 e. The van der Waals surface area contributed by atoms with E-state index in [1.807, 2.05) is 36.4 Å². The summed E-state index contributed by atoms with van der Waals surface area (Å²) in [6, 6.07) is 29.0. The molecule has 0 N–H and O–H groups in total. The maximum atomic E-state index is 4.90. The lowest BCUT2D eigenvalue weighted by Crippen LogP contribution is -1.86. The molecule has 28 heavy (non-hydrogen) atoms. The van der Waals surface area contributed by atoms with E-state index < -0.39 is 0 Å². The fourth-order valence-corrected chi connectivity index (χ4v) is 4.80. The van der Waals surface area contributed by atoms with Crippen molar-refractivity contribution in [3.63, 3.8) is 0 Å². The number of aromatic nitrogens is 2. The summed E-state index contributed by atoms with van der Waals surface area (Å²) in [5.74, 6) is 0. The van der Waals surface area contributed by atoms with E-state index in [0.717, 1.165) is 43.7 Å². The summed E-state index contributed by atoms with van der Waals surface area (Å²) in [5, 5.41) is 6.33. The molecule has 2 aromatic heterocycles. The minimum absolute atomic E-state index is 0.994. The number of benzene rings is 3. The molecule has 0 saturated heterocycles. The fourth-order valence-electron chi connectivity index (χ4n) is 3.15.